The Balaban J connectivity index is 2.30. The Bertz CT molecular complexity index is 778. The zero-order chi connectivity index (χ0) is 18.6. The number of carbonyl (C=O) groups is 1. The number of nitrogens with one attached hydrogen (secondary N) is 2. The summed E-state index contributed by atoms with van der Waals surface area (Å²) in [6.45, 7) is 5.42. The molecule has 0 unspecified atom stereocenters. The molecule has 0 fully saturated rings. The van der Waals surface area contributed by atoms with Gasteiger partial charge in [0.2, 0.25) is 5.78 Å². The maximum absolute atomic E-state index is 12.7. The zero-order valence-electron chi connectivity index (χ0n) is 13.9. The van der Waals surface area contributed by atoms with Crippen LogP contribution in [-0.2, 0) is 4.79 Å². The van der Waals surface area contributed by atoms with Crippen LogP contribution in [0.4, 0.5) is 11.4 Å². The van der Waals surface area contributed by atoms with E-state index in [1.807, 2.05) is 0 Å². The van der Waals surface area contributed by atoms with Gasteiger partial charge < -0.3 is 5.32 Å². The van der Waals surface area contributed by atoms with Crippen molar-refractivity contribution in [3.63, 3.8) is 0 Å². The lowest BCUT2D eigenvalue weighted by molar-refractivity contribution is -0.119. The summed E-state index contributed by atoms with van der Waals surface area (Å²) in [6.07, 6.45) is 0. The molecule has 0 radical (unpaired) electrons. The van der Waals surface area contributed by atoms with E-state index in [9.17, 15) is 4.79 Å². The molecule has 0 bridgehead atoms. The Morgan fingerprint density at radius 2 is 1.56 bits per heavy atom. The molecule has 132 valence electrons. The third kappa shape index (κ3) is 5.88. The predicted molar refractivity (Wildman–Crippen MR) is 105 cm³/mol. The molecule has 5 nitrogen and oxygen atoms in total. The molecule has 0 atom stereocenters. The van der Waals surface area contributed by atoms with Gasteiger partial charge in [0.05, 0.1) is 5.69 Å². The van der Waals surface area contributed by atoms with Crippen molar-refractivity contribution in [1.82, 2.24) is 4.98 Å². The predicted octanol–water partition coefficient (Wildman–Crippen LogP) is 5.49. The smallest absolute Gasteiger partial charge is 0.205 e. The van der Waals surface area contributed by atoms with Gasteiger partial charge in [0, 0.05) is 16.1 Å². The number of rotatable bonds is 4. The average molecular weight is 400 g/mol. The van der Waals surface area contributed by atoms with Gasteiger partial charge in [-0.3, -0.25) is 10.2 Å². The van der Waals surface area contributed by atoms with Crippen molar-refractivity contribution in [2.24, 2.45) is 10.5 Å². The number of carbonyl (C=O) groups excluding carboxylic acids is 1. The zero-order valence-corrected chi connectivity index (χ0v) is 16.2. The van der Waals surface area contributed by atoms with Gasteiger partial charge >= 0.3 is 0 Å². The van der Waals surface area contributed by atoms with Crippen LogP contribution in [-0.4, -0.2) is 16.6 Å². The molecule has 25 heavy (non-hydrogen) atoms. The highest BCUT2D eigenvalue weighted by Crippen LogP contribution is 2.21. The maximum Gasteiger partial charge on any atom is 0.205 e. The van der Waals surface area contributed by atoms with Gasteiger partial charge in [-0.1, -0.05) is 55.6 Å². The number of amidine groups is 1. The lowest BCUT2D eigenvalue weighted by atomic mass is 9.90. The Kier molecular flexibility index (Phi) is 6.27. The highest BCUT2D eigenvalue weighted by atomic mass is 35.5. The van der Waals surface area contributed by atoms with E-state index in [0.717, 1.165) is 0 Å². The maximum atomic E-state index is 12.7. The lowest BCUT2D eigenvalue weighted by Crippen LogP contribution is -2.34. The summed E-state index contributed by atoms with van der Waals surface area (Å²) in [7, 11) is 0. The molecular weight excluding hydrogens is 383 g/mol. The number of halogens is 3. The first-order valence-corrected chi connectivity index (χ1v) is 8.53. The molecule has 2 N–H and O–H groups in total. The largest absolute Gasteiger partial charge is 0.336 e. The second-order valence-electron chi connectivity index (χ2n) is 6.28. The summed E-state index contributed by atoms with van der Waals surface area (Å²) in [5, 5.41) is 8.19. The molecule has 0 amide bonds. The van der Waals surface area contributed by atoms with Gasteiger partial charge in [0.15, 0.2) is 5.84 Å². The Labute approximate surface area is 161 Å². The van der Waals surface area contributed by atoms with Crippen LogP contribution in [0, 0.1) is 5.41 Å². The molecular formula is C17H17Cl3N4O. The van der Waals surface area contributed by atoms with Crippen molar-refractivity contribution in [3.05, 3.63) is 51.7 Å². The lowest BCUT2D eigenvalue weighted by Gasteiger charge is -2.19. The van der Waals surface area contributed by atoms with Crippen LogP contribution in [0.1, 0.15) is 20.8 Å². The minimum atomic E-state index is -0.631. The summed E-state index contributed by atoms with van der Waals surface area (Å²) in [5.74, 6) is -0.0567. The number of ketones is 1. The first kappa shape index (κ1) is 19.5. The molecule has 0 saturated carbocycles. The molecule has 0 saturated heterocycles. The van der Waals surface area contributed by atoms with Crippen molar-refractivity contribution in [3.8, 4) is 0 Å². The Morgan fingerprint density at radius 1 is 1.00 bits per heavy atom. The van der Waals surface area contributed by atoms with Gasteiger partial charge in [-0.15, -0.1) is 0 Å². The molecule has 0 aliphatic heterocycles. The van der Waals surface area contributed by atoms with Crippen LogP contribution in [0.25, 0.3) is 0 Å². The number of Topliss-reactive ketones (excluding diaryl/α,β-unsaturated/α-hetero) is 1. The summed E-state index contributed by atoms with van der Waals surface area (Å²) in [4.78, 5) is 16.6. The fourth-order valence-corrected chi connectivity index (χ4v) is 2.40. The molecule has 1 heterocycles. The average Bonchev–Trinajstić information content (AvgIpc) is 2.50. The normalized spacial score (nSPS) is 12.0. The second kappa shape index (κ2) is 8.04. The molecule has 1 aromatic carbocycles. The number of aromatic nitrogens is 1. The van der Waals surface area contributed by atoms with Crippen LogP contribution in [0.3, 0.4) is 0 Å². The number of pyridine rings is 1. The number of anilines is 2. The quantitative estimate of drug-likeness (QED) is 0.308. The summed E-state index contributed by atoms with van der Waals surface area (Å²) in [6, 6.07) is 10.1. The van der Waals surface area contributed by atoms with Crippen LogP contribution in [0.5, 0.6) is 0 Å². The number of hydrogen-bond acceptors (Lipinski definition) is 4. The Hall–Kier alpha value is -1.82. The molecule has 0 aliphatic carbocycles. The number of benzene rings is 1. The number of hydrazone groups is 1. The van der Waals surface area contributed by atoms with Gasteiger partial charge in [-0.2, -0.15) is 5.10 Å². The van der Waals surface area contributed by atoms with E-state index >= 15 is 0 Å². The molecule has 8 heteroatoms. The van der Waals surface area contributed by atoms with E-state index < -0.39 is 5.41 Å². The molecule has 2 rings (SSSR count). The van der Waals surface area contributed by atoms with Crippen molar-refractivity contribution in [1.29, 1.82) is 0 Å². The van der Waals surface area contributed by atoms with E-state index in [2.05, 4.69) is 20.8 Å². The monoisotopic (exact) mass is 398 g/mol. The molecule has 1 aromatic heterocycles. The molecule has 0 aliphatic rings. The fraction of sp³-hybridized carbons (Fsp3) is 0.235. The highest BCUT2D eigenvalue weighted by molar-refractivity contribution is 6.45. The first-order chi connectivity index (χ1) is 11.6. The van der Waals surface area contributed by atoms with Crippen molar-refractivity contribution in [2.45, 2.75) is 20.8 Å². The van der Waals surface area contributed by atoms with E-state index in [1.54, 1.807) is 57.2 Å². The van der Waals surface area contributed by atoms with Crippen LogP contribution < -0.4 is 10.7 Å². The van der Waals surface area contributed by atoms with Gasteiger partial charge in [-0.05, 0) is 36.4 Å². The van der Waals surface area contributed by atoms with Crippen LogP contribution >= 0.6 is 34.8 Å². The summed E-state index contributed by atoms with van der Waals surface area (Å²) >= 11 is 17.7. The van der Waals surface area contributed by atoms with E-state index in [-0.39, 0.29) is 21.9 Å². The molecule has 0 spiro atoms. The highest BCUT2D eigenvalue weighted by Gasteiger charge is 2.27. The Morgan fingerprint density at radius 3 is 2.08 bits per heavy atom. The third-order valence-electron chi connectivity index (χ3n) is 3.06. The standard InChI is InChI=1S/C17H17Cl3N4O/c1-17(2,3)15(25)16(21-12-8-13(19)22-14(20)9-12)24-23-11-6-4-10(18)5-7-11/h4-9,23H,1-3H3,(H,21,22,24). The third-order valence-corrected chi connectivity index (χ3v) is 3.70. The first-order valence-electron chi connectivity index (χ1n) is 7.39. The van der Waals surface area contributed by atoms with Gasteiger partial charge in [0.1, 0.15) is 10.3 Å². The van der Waals surface area contributed by atoms with Crippen molar-refractivity contribution >= 4 is 57.8 Å². The number of nitrogens with zero attached hydrogens (tertiary/aromatic N) is 2. The van der Waals surface area contributed by atoms with Gasteiger partial charge in [0.25, 0.3) is 0 Å². The second-order valence-corrected chi connectivity index (χ2v) is 7.50. The van der Waals surface area contributed by atoms with E-state index in [0.29, 0.717) is 16.4 Å². The van der Waals surface area contributed by atoms with Crippen LogP contribution in [0.2, 0.25) is 15.3 Å². The summed E-state index contributed by atoms with van der Waals surface area (Å²) in [5.41, 5.74) is 3.41. The molecule has 2 aromatic rings. The van der Waals surface area contributed by atoms with Crippen LogP contribution in [0.15, 0.2) is 41.5 Å². The fourth-order valence-electron chi connectivity index (χ4n) is 1.81. The minimum Gasteiger partial charge on any atom is -0.336 e. The topological polar surface area (TPSA) is 66.4 Å². The minimum absolute atomic E-state index is 0.126. The van der Waals surface area contributed by atoms with E-state index in [4.69, 9.17) is 34.8 Å². The SMILES string of the molecule is CC(C)(C)C(=O)/C(=N/Nc1ccc(Cl)cc1)Nc1cc(Cl)nc(Cl)c1. The summed E-state index contributed by atoms with van der Waals surface area (Å²) < 4.78 is 0. The van der Waals surface area contributed by atoms with Crippen molar-refractivity contribution < 1.29 is 4.79 Å². The van der Waals surface area contributed by atoms with E-state index in [1.165, 1.54) is 0 Å². The van der Waals surface area contributed by atoms with Crippen molar-refractivity contribution in [2.75, 3.05) is 10.7 Å². The van der Waals surface area contributed by atoms with Gasteiger partial charge in [-0.25, -0.2) is 4.98 Å². The number of hydrogen-bond donors (Lipinski definition) is 2.